The van der Waals surface area contributed by atoms with Crippen molar-refractivity contribution in [2.45, 2.75) is 46.0 Å². The Bertz CT molecular complexity index is 583. The van der Waals surface area contributed by atoms with Crippen molar-refractivity contribution in [2.24, 2.45) is 0 Å². The van der Waals surface area contributed by atoms with Crippen LogP contribution in [0.15, 0.2) is 18.2 Å². The summed E-state index contributed by atoms with van der Waals surface area (Å²) in [5, 5.41) is 11.1. The number of unbranched alkanes of at least 4 members (excludes halogenated alkanes) is 1. The molecule has 6 heteroatoms. The lowest BCUT2D eigenvalue weighted by molar-refractivity contribution is -0.384. The number of rotatable bonds is 7. The SMILES string of the molecule is CCCCN(CC)C(=O)c1cc([N+](=O)[O-])ccc1N1CCCCC1. The first-order valence-corrected chi connectivity index (χ1v) is 8.91. The largest absolute Gasteiger partial charge is 0.371 e. The maximum atomic E-state index is 13.0. The van der Waals surface area contributed by atoms with Gasteiger partial charge in [-0.15, -0.1) is 0 Å². The molecule has 0 bridgehead atoms. The Morgan fingerprint density at radius 3 is 2.54 bits per heavy atom. The van der Waals surface area contributed by atoms with Crippen LogP contribution in [0.25, 0.3) is 0 Å². The first kappa shape index (κ1) is 18.2. The number of piperidine rings is 1. The molecule has 0 radical (unpaired) electrons. The van der Waals surface area contributed by atoms with Crippen molar-refractivity contribution in [3.63, 3.8) is 0 Å². The summed E-state index contributed by atoms with van der Waals surface area (Å²) in [5.41, 5.74) is 1.27. The van der Waals surface area contributed by atoms with E-state index in [0.29, 0.717) is 18.7 Å². The second-order valence-corrected chi connectivity index (χ2v) is 6.24. The number of amides is 1. The number of hydrogen-bond donors (Lipinski definition) is 0. The minimum Gasteiger partial charge on any atom is -0.371 e. The molecule has 1 saturated heterocycles. The smallest absolute Gasteiger partial charge is 0.270 e. The third-order valence-corrected chi connectivity index (χ3v) is 4.57. The third kappa shape index (κ3) is 4.24. The van der Waals surface area contributed by atoms with E-state index in [4.69, 9.17) is 0 Å². The summed E-state index contributed by atoms with van der Waals surface area (Å²) in [5.74, 6) is -0.102. The molecule has 1 aliphatic rings. The van der Waals surface area contributed by atoms with Gasteiger partial charge in [0, 0.05) is 38.3 Å². The van der Waals surface area contributed by atoms with Crippen LogP contribution >= 0.6 is 0 Å². The first-order chi connectivity index (χ1) is 11.6. The summed E-state index contributed by atoms with van der Waals surface area (Å²) in [7, 11) is 0. The molecule has 1 aromatic carbocycles. The zero-order chi connectivity index (χ0) is 17.5. The number of carbonyl (C=O) groups excluding carboxylic acids is 1. The summed E-state index contributed by atoms with van der Waals surface area (Å²) >= 11 is 0. The van der Waals surface area contributed by atoms with Crippen molar-refractivity contribution in [3.05, 3.63) is 33.9 Å². The first-order valence-electron chi connectivity index (χ1n) is 8.91. The van der Waals surface area contributed by atoms with Crippen LogP contribution in [0, 0.1) is 10.1 Å². The van der Waals surface area contributed by atoms with Crippen LogP contribution in [-0.2, 0) is 0 Å². The highest BCUT2D eigenvalue weighted by Crippen LogP contribution is 2.29. The van der Waals surface area contributed by atoms with E-state index in [9.17, 15) is 14.9 Å². The van der Waals surface area contributed by atoms with Gasteiger partial charge in [-0.05, 0) is 38.7 Å². The maximum Gasteiger partial charge on any atom is 0.270 e. The number of anilines is 1. The molecule has 0 N–H and O–H groups in total. The lowest BCUT2D eigenvalue weighted by atomic mass is 10.1. The number of nitro benzene ring substituents is 1. The molecule has 0 aromatic heterocycles. The predicted octanol–water partition coefficient (Wildman–Crippen LogP) is 3.85. The zero-order valence-corrected chi connectivity index (χ0v) is 14.7. The predicted molar refractivity (Wildman–Crippen MR) is 95.6 cm³/mol. The van der Waals surface area contributed by atoms with Crippen LogP contribution in [-0.4, -0.2) is 41.9 Å². The highest BCUT2D eigenvalue weighted by atomic mass is 16.6. The molecule has 24 heavy (non-hydrogen) atoms. The molecule has 0 unspecified atom stereocenters. The summed E-state index contributed by atoms with van der Waals surface area (Å²) in [6, 6.07) is 4.69. The fraction of sp³-hybridized carbons (Fsp3) is 0.611. The Morgan fingerprint density at radius 1 is 1.25 bits per heavy atom. The standard InChI is InChI=1S/C18H27N3O3/c1-3-5-11-19(4-2)18(22)16-14-15(21(23)24)9-10-17(16)20-12-7-6-8-13-20/h9-10,14H,3-8,11-13H2,1-2H3. The van der Waals surface area contributed by atoms with Gasteiger partial charge in [-0.25, -0.2) is 0 Å². The molecule has 6 nitrogen and oxygen atoms in total. The zero-order valence-electron chi connectivity index (χ0n) is 14.7. The van der Waals surface area contributed by atoms with Crippen molar-refractivity contribution in [1.29, 1.82) is 0 Å². The van der Waals surface area contributed by atoms with E-state index in [-0.39, 0.29) is 11.6 Å². The van der Waals surface area contributed by atoms with E-state index in [1.807, 2.05) is 6.92 Å². The monoisotopic (exact) mass is 333 g/mol. The summed E-state index contributed by atoms with van der Waals surface area (Å²) < 4.78 is 0. The van der Waals surface area contributed by atoms with Gasteiger partial charge >= 0.3 is 0 Å². The minimum absolute atomic E-state index is 0.0225. The summed E-state index contributed by atoms with van der Waals surface area (Å²) in [4.78, 5) is 27.7. The second-order valence-electron chi connectivity index (χ2n) is 6.24. The molecule has 0 saturated carbocycles. The average Bonchev–Trinajstić information content (AvgIpc) is 2.62. The van der Waals surface area contributed by atoms with E-state index in [1.165, 1.54) is 18.6 Å². The number of hydrogen-bond acceptors (Lipinski definition) is 4. The van der Waals surface area contributed by atoms with Crippen LogP contribution in [0.4, 0.5) is 11.4 Å². The van der Waals surface area contributed by atoms with Crippen LogP contribution < -0.4 is 4.90 Å². The lowest BCUT2D eigenvalue weighted by Gasteiger charge is -2.31. The second kappa shape index (κ2) is 8.66. The molecule has 132 valence electrons. The van der Waals surface area contributed by atoms with Gasteiger partial charge in [0.05, 0.1) is 16.2 Å². The number of benzene rings is 1. The van der Waals surface area contributed by atoms with Crippen LogP contribution in [0.1, 0.15) is 56.3 Å². The molecule has 1 fully saturated rings. The van der Waals surface area contributed by atoms with Crippen molar-refractivity contribution in [3.8, 4) is 0 Å². The molecule has 2 rings (SSSR count). The molecule has 0 aliphatic carbocycles. The highest BCUT2D eigenvalue weighted by molar-refractivity contribution is 6.00. The van der Waals surface area contributed by atoms with E-state index in [1.54, 1.807) is 11.0 Å². The van der Waals surface area contributed by atoms with Gasteiger partial charge in [-0.3, -0.25) is 14.9 Å². The lowest BCUT2D eigenvalue weighted by Crippen LogP contribution is -2.35. The minimum atomic E-state index is -0.431. The Balaban J connectivity index is 2.37. The Hall–Kier alpha value is -2.11. The molecule has 0 spiro atoms. The van der Waals surface area contributed by atoms with E-state index >= 15 is 0 Å². The average molecular weight is 333 g/mol. The van der Waals surface area contributed by atoms with Gasteiger partial charge in [0.15, 0.2) is 0 Å². The number of nitro groups is 1. The van der Waals surface area contributed by atoms with Crippen molar-refractivity contribution >= 4 is 17.3 Å². The van der Waals surface area contributed by atoms with E-state index in [0.717, 1.165) is 44.5 Å². The van der Waals surface area contributed by atoms with Gasteiger partial charge in [-0.2, -0.15) is 0 Å². The Labute approximate surface area is 143 Å². The van der Waals surface area contributed by atoms with Gasteiger partial charge in [0.25, 0.3) is 11.6 Å². The Morgan fingerprint density at radius 2 is 1.96 bits per heavy atom. The molecular formula is C18H27N3O3. The fourth-order valence-corrected chi connectivity index (χ4v) is 3.14. The maximum absolute atomic E-state index is 13.0. The van der Waals surface area contributed by atoms with Gasteiger partial charge in [0.1, 0.15) is 0 Å². The van der Waals surface area contributed by atoms with E-state index in [2.05, 4.69) is 11.8 Å². The van der Waals surface area contributed by atoms with Crippen LogP contribution in [0.2, 0.25) is 0 Å². The van der Waals surface area contributed by atoms with Crippen molar-refractivity contribution < 1.29 is 9.72 Å². The molecule has 0 atom stereocenters. The molecule has 1 aromatic rings. The molecular weight excluding hydrogens is 306 g/mol. The van der Waals surface area contributed by atoms with Gasteiger partial charge in [0.2, 0.25) is 0 Å². The Kier molecular flexibility index (Phi) is 6.58. The quantitative estimate of drug-likeness (QED) is 0.561. The topological polar surface area (TPSA) is 66.7 Å². The normalized spacial score (nSPS) is 14.5. The molecule has 1 aliphatic heterocycles. The molecule has 1 amide bonds. The summed E-state index contributed by atoms with van der Waals surface area (Å²) in [6.45, 7) is 7.14. The van der Waals surface area contributed by atoms with Gasteiger partial charge < -0.3 is 9.80 Å². The molecule has 1 heterocycles. The number of non-ortho nitro benzene ring substituents is 1. The third-order valence-electron chi connectivity index (χ3n) is 4.57. The number of carbonyl (C=O) groups is 1. The van der Waals surface area contributed by atoms with Gasteiger partial charge in [-0.1, -0.05) is 13.3 Å². The summed E-state index contributed by atoms with van der Waals surface area (Å²) in [6.07, 6.45) is 5.34. The van der Waals surface area contributed by atoms with Crippen molar-refractivity contribution in [1.82, 2.24) is 4.90 Å². The van der Waals surface area contributed by atoms with Crippen molar-refractivity contribution in [2.75, 3.05) is 31.1 Å². The highest BCUT2D eigenvalue weighted by Gasteiger charge is 2.24. The van der Waals surface area contributed by atoms with E-state index < -0.39 is 4.92 Å². The number of nitrogens with zero attached hydrogens (tertiary/aromatic N) is 3. The van der Waals surface area contributed by atoms with Crippen LogP contribution in [0.3, 0.4) is 0 Å². The fourth-order valence-electron chi connectivity index (χ4n) is 3.14. The van der Waals surface area contributed by atoms with Crippen LogP contribution in [0.5, 0.6) is 0 Å².